The van der Waals surface area contributed by atoms with E-state index in [9.17, 15) is 0 Å². The van der Waals surface area contributed by atoms with Crippen molar-refractivity contribution < 1.29 is 15.4 Å². The van der Waals surface area contributed by atoms with Crippen LogP contribution in [0.2, 0.25) is 0 Å². The Morgan fingerprint density at radius 1 is 0.708 bits per heavy atom. The van der Waals surface area contributed by atoms with E-state index in [1.165, 1.54) is 76.3 Å². The van der Waals surface area contributed by atoms with Crippen molar-refractivity contribution in [3.63, 3.8) is 0 Å². The molecular formula is C21H41NO2. The van der Waals surface area contributed by atoms with Crippen molar-refractivity contribution in [2.45, 2.75) is 77.7 Å². The maximum Gasteiger partial charge on any atom is 0.104 e. The van der Waals surface area contributed by atoms with Gasteiger partial charge in [0.1, 0.15) is 6.54 Å². The summed E-state index contributed by atoms with van der Waals surface area (Å²) in [6.07, 6.45) is 14.2. The molecule has 0 aliphatic carbocycles. The zero-order valence-electron chi connectivity index (χ0n) is 16.3. The third-order valence-corrected chi connectivity index (χ3v) is 4.57. The van der Waals surface area contributed by atoms with Gasteiger partial charge in [0.15, 0.2) is 0 Å². The van der Waals surface area contributed by atoms with Gasteiger partial charge in [-0.05, 0) is 12.8 Å². The highest BCUT2D eigenvalue weighted by molar-refractivity contribution is 5.13. The van der Waals surface area contributed by atoms with Crippen LogP contribution in [0.25, 0.3) is 0 Å². The minimum Gasteiger partial charge on any atom is -0.870 e. The standard InChI is InChI=1S/C21H38N.2H2O/c1-4-5-6-7-8-9-10-11-12-16-19-22(2,3)20-21-17-14-13-15-18-21;;/h13-15,17-18H,4-12,16,19-20H2,1-3H3;2*1H2/q+1;;/p-1. The molecule has 0 heterocycles. The summed E-state index contributed by atoms with van der Waals surface area (Å²) in [7, 11) is 4.72. The average Bonchev–Trinajstić information content (AvgIpc) is 2.49. The minimum atomic E-state index is 0. The summed E-state index contributed by atoms with van der Waals surface area (Å²) in [5, 5.41) is 0. The van der Waals surface area contributed by atoms with Gasteiger partial charge >= 0.3 is 0 Å². The first kappa shape index (κ1) is 25.3. The van der Waals surface area contributed by atoms with Gasteiger partial charge in [0.05, 0.1) is 20.6 Å². The fourth-order valence-corrected chi connectivity index (χ4v) is 3.18. The number of hydrogen-bond acceptors (Lipinski definition) is 1. The Hall–Kier alpha value is -0.900. The summed E-state index contributed by atoms with van der Waals surface area (Å²) in [4.78, 5) is 0. The first-order valence-electron chi connectivity index (χ1n) is 9.50. The average molecular weight is 340 g/mol. The third-order valence-electron chi connectivity index (χ3n) is 4.57. The van der Waals surface area contributed by atoms with E-state index in [0.717, 1.165) is 11.0 Å². The van der Waals surface area contributed by atoms with E-state index in [2.05, 4.69) is 51.4 Å². The summed E-state index contributed by atoms with van der Waals surface area (Å²) in [5.41, 5.74) is 1.46. The Morgan fingerprint density at radius 2 is 1.17 bits per heavy atom. The second-order valence-corrected chi connectivity index (χ2v) is 7.49. The van der Waals surface area contributed by atoms with Crippen molar-refractivity contribution in [3.05, 3.63) is 35.9 Å². The Morgan fingerprint density at radius 3 is 1.67 bits per heavy atom. The van der Waals surface area contributed by atoms with Crippen molar-refractivity contribution >= 4 is 0 Å². The minimum absolute atomic E-state index is 0. The van der Waals surface area contributed by atoms with Gasteiger partial charge < -0.3 is 15.4 Å². The molecule has 0 amide bonds. The molecule has 0 aromatic heterocycles. The molecule has 142 valence electrons. The van der Waals surface area contributed by atoms with Gasteiger partial charge in [0, 0.05) is 5.56 Å². The lowest BCUT2D eigenvalue weighted by Crippen LogP contribution is -2.39. The van der Waals surface area contributed by atoms with Crippen LogP contribution in [0.1, 0.15) is 76.7 Å². The molecule has 24 heavy (non-hydrogen) atoms. The fraction of sp³-hybridized carbons (Fsp3) is 0.714. The van der Waals surface area contributed by atoms with Crippen LogP contribution in [0.15, 0.2) is 30.3 Å². The van der Waals surface area contributed by atoms with Crippen LogP contribution in [0.3, 0.4) is 0 Å². The number of nitrogens with zero attached hydrogens (tertiary/aromatic N) is 1. The van der Waals surface area contributed by atoms with Crippen molar-refractivity contribution in [1.29, 1.82) is 0 Å². The molecule has 0 atom stereocenters. The van der Waals surface area contributed by atoms with Crippen LogP contribution < -0.4 is 0 Å². The van der Waals surface area contributed by atoms with E-state index in [1.54, 1.807) is 0 Å². The number of rotatable bonds is 13. The molecule has 3 N–H and O–H groups in total. The molecule has 3 nitrogen and oxygen atoms in total. The molecule has 1 rings (SSSR count). The van der Waals surface area contributed by atoms with Crippen LogP contribution in [-0.4, -0.2) is 36.1 Å². The topological polar surface area (TPSA) is 61.5 Å². The molecular weight excluding hydrogens is 298 g/mol. The maximum atomic E-state index is 2.36. The first-order valence-corrected chi connectivity index (χ1v) is 9.50. The van der Waals surface area contributed by atoms with Crippen LogP contribution in [-0.2, 0) is 6.54 Å². The zero-order chi connectivity index (χ0) is 16.1. The smallest absolute Gasteiger partial charge is 0.104 e. The van der Waals surface area contributed by atoms with Crippen molar-refractivity contribution in [1.82, 2.24) is 0 Å². The SMILES string of the molecule is CCCCCCCCCCCC[N+](C)(C)Cc1ccccc1.O.[OH-]. The molecule has 0 bridgehead atoms. The second kappa shape index (κ2) is 15.6. The fourth-order valence-electron chi connectivity index (χ4n) is 3.18. The summed E-state index contributed by atoms with van der Waals surface area (Å²) in [6, 6.07) is 10.9. The number of benzene rings is 1. The predicted octanol–water partition coefficient (Wildman–Crippen LogP) is 5.18. The zero-order valence-corrected chi connectivity index (χ0v) is 16.3. The van der Waals surface area contributed by atoms with E-state index in [-0.39, 0.29) is 11.0 Å². The van der Waals surface area contributed by atoms with E-state index in [0.29, 0.717) is 0 Å². The van der Waals surface area contributed by atoms with Gasteiger partial charge in [-0.1, -0.05) is 88.6 Å². The van der Waals surface area contributed by atoms with E-state index in [4.69, 9.17) is 0 Å². The quantitative estimate of drug-likeness (QED) is 0.360. The molecule has 0 unspecified atom stereocenters. The summed E-state index contributed by atoms with van der Waals surface area (Å²) in [6.45, 7) is 4.74. The van der Waals surface area contributed by atoms with Crippen molar-refractivity contribution in [2.75, 3.05) is 20.6 Å². The molecule has 0 aliphatic rings. The van der Waals surface area contributed by atoms with Crippen LogP contribution in [0.4, 0.5) is 0 Å². The Bertz CT molecular complexity index is 365. The highest BCUT2D eigenvalue weighted by Crippen LogP contribution is 2.13. The Labute approximate surface area is 150 Å². The molecule has 0 spiro atoms. The maximum absolute atomic E-state index is 2.36. The van der Waals surface area contributed by atoms with Gasteiger partial charge in [0.2, 0.25) is 0 Å². The Balaban J connectivity index is 0. The van der Waals surface area contributed by atoms with E-state index >= 15 is 0 Å². The van der Waals surface area contributed by atoms with Gasteiger partial charge in [-0.25, -0.2) is 0 Å². The molecule has 1 aromatic carbocycles. The largest absolute Gasteiger partial charge is 0.870 e. The molecule has 0 saturated carbocycles. The highest BCUT2D eigenvalue weighted by Gasteiger charge is 2.14. The lowest BCUT2D eigenvalue weighted by atomic mass is 10.1. The number of unbranched alkanes of at least 4 members (excludes halogenated alkanes) is 9. The molecule has 3 heteroatoms. The molecule has 0 fully saturated rings. The van der Waals surface area contributed by atoms with Crippen LogP contribution in [0, 0.1) is 0 Å². The van der Waals surface area contributed by atoms with Gasteiger partial charge in [-0.2, -0.15) is 0 Å². The lowest BCUT2D eigenvalue weighted by molar-refractivity contribution is -0.903. The molecule has 0 aliphatic heterocycles. The molecule has 0 radical (unpaired) electrons. The summed E-state index contributed by atoms with van der Waals surface area (Å²) in [5.74, 6) is 0. The van der Waals surface area contributed by atoms with Crippen molar-refractivity contribution in [2.24, 2.45) is 0 Å². The van der Waals surface area contributed by atoms with Gasteiger partial charge in [-0.15, -0.1) is 0 Å². The van der Waals surface area contributed by atoms with Gasteiger partial charge in [-0.3, -0.25) is 0 Å². The van der Waals surface area contributed by atoms with E-state index < -0.39 is 0 Å². The lowest BCUT2D eigenvalue weighted by Gasteiger charge is -2.30. The monoisotopic (exact) mass is 339 g/mol. The first-order chi connectivity index (χ1) is 10.6. The summed E-state index contributed by atoms with van der Waals surface area (Å²) >= 11 is 0. The highest BCUT2D eigenvalue weighted by atomic mass is 16.0. The number of hydrogen-bond donors (Lipinski definition) is 0. The second-order valence-electron chi connectivity index (χ2n) is 7.49. The predicted molar refractivity (Wildman–Crippen MR) is 105 cm³/mol. The van der Waals surface area contributed by atoms with Crippen LogP contribution >= 0.6 is 0 Å². The third kappa shape index (κ3) is 13.5. The normalized spacial score (nSPS) is 10.8. The molecule has 0 saturated heterocycles. The van der Waals surface area contributed by atoms with Crippen molar-refractivity contribution in [3.8, 4) is 0 Å². The van der Waals surface area contributed by atoms with Gasteiger partial charge in [0.25, 0.3) is 0 Å². The Kier molecular flexibility index (Phi) is 16.5. The van der Waals surface area contributed by atoms with Crippen LogP contribution in [0.5, 0.6) is 0 Å². The summed E-state index contributed by atoms with van der Waals surface area (Å²) < 4.78 is 1.11. The number of quaternary nitrogens is 1. The van der Waals surface area contributed by atoms with E-state index in [1.807, 2.05) is 0 Å². The molecule has 1 aromatic rings.